The quantitative estimate of drug-likeness (QED) is 0.764. The number of carbonyl (C=O) groups is 1. The normalized spacial score (nSPS) is 25.4. The maximum Gasteiger partial charge on any atom is 0.234 e. The van der Waals surface area contributed by atoms with E-state index in [0.29, 0.717) is 0 Å². The van der Waals surface area contributed by atoms with E-state index >= 15 is 0 Å². The third kappa shape index (κ3) is 2.15. The summed E-state index contributed by atoms with van der Waals surface area (Å²) in [6.45, 7) is 0. The molecular formula is C11H13FN2O. The molecule has 1 saturated heterocycles. The fourth-order valence-corrected chi connectivity index (χ4v) is 1.95. The summed E-state index contributed by atoms with van der Waals surface area (Å²) in [6, 6.07) is 6.18. The minimum Gasteiger partial charge on any atom is -0.368 e. The van der Waals surface area contributed by atoms with Gasteiger partial charge in [-0.25, -0.2) is 4.39 Å². The van der Waals surface area contributed by atoms with Crippen LogP contribution >= 0.6 is 0 Å². The van der Waals surface area contributed by atoms with E-state index in [1.54, 1.807) is 6.07 Å². The summed E-state index contributed by atoms with van der Waals surface area (Å²) >= 11 is 0. The van der Waals surface area contributed by atoms with Gasteiger partial charge in [0.15, 0.2) is 0 Å². The number of rotatable bonds is 2. The summed E-state index contributed by atoms with van der Waals surface area (Å²) in [5.41, 5.74) is 6.07. The van der Waals surface area contributed by atoms with Gasteiger partial charge < -0.3 is 5.73 Å². The first-order valence-corrected chi connectivity index (χ1v) is 4.97. The van der Waals surface area contributed by atoms with Gasteiger partial charge in [-0.05, 0) is 30.5 Å². The first-order chi connectivity index (χ1) is 7.16. The Morgan fingerprint density at radius 1 is 1.47 bits per heavy atom. The van der Waals surface area contributed by atoms with E-state index in [4.69, 9.17) is 5.73 Å². The van der Waals surface area contributed by atoms with Gasteiger partial charge in [-0.15, -0.1) is 0 Å². The van der Waals surface area contributed by atoms with Gasteiger partial charge in [0.25, 0.3) is 0 Å². The minimum absolute atomic E-state index is 0.0400. The number of hydrogen-bond donors (Lipinski definition) is 2. The van der Waals surface area contributed by atoms with E-state index < -0.39 is 0 Å². The number of primary amides is 1. The fourth-order valence-electron chi connectivity index (χ4n) is 1.95. The third-order valence-electron chi connectivity index (χ3n) is 2.74. The molecule has 1 aromatic carbocycles. The van der Waals surface area contributed by atoms with E-state index in [9.17, 15) is 9.18 Å². The van der Waals surface area contributed by atoms with Gasteiger partial charge in [-0.2, -0.15) is 0 Å². The van der Waals surface area contributed by atoms with Gasteiger partial charge >= 0.3 is 0 Å². The zero-order valence-electron chi connectivity index (χ0n) is 8.24. The molecule has 0 spiro atoms. The molecule has 2 atom stereocenters. The van der Waals surface area contributed by atoms with Crippen molar-refractivity contribution in [1.82, 2.24) is 5.32 Å². The van der Waals surface area contributed by atoms with E-state index in [0.717, 1.165) is 18.4 Å². The molecule has 2 unspecified atom stereocenters. The predicted octanol–water partition coefficient (Wildman–Crippen LogP) is 1.10. The molecule has 1 aromatic rings. The van der Waals surface area contributed by atoms with Crippen LogP contribution in [0.3, 0.4) is 0 Å². The lowest BCUT2D eigenvalue weighted by atomic mass is 10.1. The number of benzene rings is 1. The fraction of sp³-hybridized carbons (Fsp3) is 0.364. The van der Waals surface area contributed by atoms with Gasteiger partial charge in [0.1, 0.15) is 5.82 Å². The molecule has 0 radical (unpaired) electrons. The summed E-state index contributed by atoms with van der Waals surface area (Å²) in [7, 11) is 0. The Labute approximate surface area is 87.5 Å². The van der Waals surface area contributed by atoms with Crippen LogP contribution in [0.4, 0.5) is 4.39 Å². The number of amides is 1. The first kappa shape index (κ1) is 10.1. The van der Waals surface area contributed by atoms with E-state index in [1.165, 1.54) is 12.1 Å². The van der Waals surface area contributed by atoms with Crippen LogP contribution in [-0.4, -0.2) is 11.9 Å². The van der Waals surface area contributed by atoms with Crippen molar-refractivity contribution < 1.29 is 9.18 Å². The number of nitrogens with two attached hydrogens (primary N) is 1. The van der Waals surface area contributed by atoms with Gasteiger partial charge in [-0.3, -0.25) is 10.1 Å². The summed E-state index contributed by atoms with van der Waals surface area (Å²) in [6.07, 6.45) is 1.54. The summed E-state index contributed by atoms with van der Waals surface area (Å²) < 4.78 is 13.0. The van der Waals surface area contributed by atoms with Crippen molar-refractivity contribution in [2.75, 3.05) is 0 Å². The van der Waals surface area contributed by atoms with Crippen LogP contribution in [-0.2, 0) is 4.79 Å². The molecule has 4 heteroatoms. The van der Waals surface area contributed by atoms with Crippen LogP contribution in [0, 0.1) is 5.82 Å². The average molecular weight is 208 g/mol. The minimum atomic E-state index is -0.339. The molecule has 1 aliphatic heterocycles. The summed E-state index contributed by atoms with van der Waals surface area (Å²) in [5, 5.41) is 3.09. The largest absolute Gasteiger partial charge is 0.368 e. The second-order valence-electron chi connectivity index (χ2n) is 3.81. The molecule has 1 heterocycles. The highest BCUT2D eigenvalue weighted by molar-refractivity contribution is 5.80. The van der Waals surface area contributed by atoms with E-state index in [-0.39, 0.29) is 23.8 Å². The zero-order valence-corrected chi connectivity index (χ0v) is 8.24. The van der Waals surface area contributed by atoms with E-state index in [1.807, 2.05) is 6.07 Å². The maximum absolute atomic E-state index is 13.0. The van der Waals surface area contributed by atoms with Crippen molar-refractivity contribution in [3.05, 3.63) is 35.6 Å². The lowest BCUT2D eigenvalue weighted by Gasteiger charge is -2.12. The average Bonchev–Trinajstić information content (AvgIpc) is 2.66. The van der Waals surface area contributed by atoms with Gasteiger partial charge in [0, 0.05) is 6.04 Å². The lowest BCUT2D eigenvalue weighted by Crippen LogP contribution is -2.37. The van der Waals surface area contributed by atoms with Crippen LogP contribution in [0.25, 0.3) is 0 Å². The maximum atomic E-state index is 13.0. The molecule has 0 bridgehead atoms. The Balaban J connectivity index is 2.11. The number of nitrogens with one attached hydrogen (secondary N) is 1. The highest BCUT2D eigenvalue weighted by Gasteiger charge is 2.28. The Bertz CT molecular complexity index is 381. The topological polar surface area (TPSA) is 55.1 Å². The molecule has 1 fully saturated rings. The monoisotopic (exact) mass is 208 g/mol. The van der Waals surface area contributed by atoms with Crippen LogP contribution in [0.15, 0.2) is 24.3 Å². The Morgan fingerprint density at radius 2 is 2.27 bits per heavy atom. The second kappa shape index (κ2) is 3.98. The first-order valence-electron chi connectivity index (χ1n) is 4.97. The molecule has 3 nitrogen and oxygen atoms in total. The SMILES string of the molecule is NC(=O)C1CCC(c2cccc(F)c2)N1. The van der Waals surface area contributed by atoms with Crippen molar-refractivity contribution in [3.63, 3.8) is 0 Å². The van der Waals surface area contributed by atoms with Crippen molar-refractivity contribution in [3.8, 4) is 0 Å². The molecule has 2 rings (SSSR count). The van der Waals surface area contributed by atoms with Gasteiger partial charge in [0.05, 0.1) is 6.04 Å². The Hall–Kier alpha value is -1.42. The number of carbonyl (C=O) groups excluding carboxylic acids is 1. The molecular weight excluding hydrogens is 195 g/mol. The van der Waals surface area contributed by atoms with Crippen molar-refractivity contribution in [2.45, 2.75) is 24.9 Å². The van der Waals surface area contributed by atoms with Crippen molar-refractivity contribution >= 4 is 5.91 Å². The van der Waals surface area contributed by atoms with Crippen molar-refractivity contribution in [2.24, 2.45) is 5.73 Å². The molecule has 15 heavy (non-hydrogen) atoms. The van der Waals surface area contributed by atoms with Crippen LogP contribution < -0.4 is 11.1 Å². The second-order valence-corrected chi connectivity index (χ2v) is 3.81. The highest BCUT2D eigenvalue weighted by Crippen LogP contribution is 2.26. The predicted molar refractivity (Wildman–Crippen MR) is 54.5 cm³/mol. The van der Waals surface area contributed by atoms with E-state index in [2.05, 4.69) is 5.32 Å². The number of halogens is 1. The Morgan fingerprint density at radius 3 is 2.87 bits per heavy atom. The molecule has 3 N–H and O–H groups in total. The van der Waals surface area contributed by atoms with Crippen LogP contribution in [0.2, 0.25) is 0 Å². The summed E-state index contributed by atoms with van der Waals surface area (Å²) in [4.78, 5) is 10.9. The van der Waals surface area contributed by atoms with Gasteiger partial charge in [-0.1, -0.05) is 12.1 Å². The molecule has 1 aliphatic rings. The zero-order chi connectivity index (χ0) is 10.8. The lowest BCUT2D eigenvalue weighted by molar-refractivity contribution is -0.119. The van der Waals surface area contributed by atoms with Crippen LogP contribution in [0.5, 0.6) is 0 Å². The molecule has 0 aliphatic carbocycles. The summed E-state index contributed by atoms with van der Waals surface area (Å²) in [5.74, 6) is -0.592. The molecule has 0 aromatic heterocycles. The molecule has 1 amide bonds. The van der Waals surface area contributed by atoms with Gasteiger partial charge in [0.2, 0.25) is 5.91 Å². The van der Waals surface area contributed by atoms with Crippen LogP contribution in [0.1, 0.15) is 24.4 Å². The smallest absolute Gasteiger partial charge is 0.234 e. The highest BCUT2D eigenvalue weighted by atomic mass is 19.1. The molecule has 0 saturated carbocycles. The molecule has 80 valence electrons. The number of hydrogen-bond acceptors (Lipinski definition) is 2. The standard InChI is InChI=1S/C11H13FN2O/c12-8-3-1-2-7(6-8)9-4-5-10(14-9)11(13)15/h1-3,6,9-10,14H,4-5H2,(H2,13,15). The third-order valence-corrected chi connectivity index (χ3v) is 2.74. The Kier molecular flexibility index (Phi) is 2.68. The van der Waals surface area contributed by atoms with Crippen molar-refractivity contribution in [1.29, 1.82) is 0 Å².